The second kappa shape index (κ2) is 9.43. The van der Waals surface area contributed by atoms with Gasteiger partial charge in [0.1, 0.15) is 5.82 Å². The first-order chi connectivity index (χ1) is 13.9. The van der Waals surface area contributed by atoms with E-state index in [4.69, 9.17) is 0 Å². The van der Waals surface area contributed by atoms with Gasteiger partial charge in [0.2, 0.25) is 15.9 Å². The zero-order chi connectivity index (χ0) is 20.9. The number of aromatic amines is 1. The van der Waals surface area contributed by atoms with Crippen LogP contribution in [0.5, 0.6) is 0 Å². The maximum atomic E-state index is 12.3. The Labute approximate surface area is 174 Å². The van der Waals surface area contributed by atoms with Gasteiger partial charge in [0.05, 0.1) is 27.8 Å². The van der Waals surface area contributed by atoms with E-state index in [0.717, 1.165) is 22.4 Å². The van der Waals surface area contributed by atoms with Crippen molar-refractivity contribution in [3.8, 4) is 0 Å². The second-order valence-electron chi connectivity index (χ2n) is 6.60. The van der Waals surface area contributed by atoms with Crippen molar-refractivity contribution in [1.82, 2.24) is 20.0 Å². The lowest BCUT2D eigenvalue weighted by molar-refractivity contribution is -0.118. The van der Waals surface area contributed by atoms with Crippen LogP contribution in [-0.4, -0.2) is 37.1 Å². The van der Waals surface area contributed by atoms with E-state index < -0.39 is 10.0 Å². The van der Waals surface area contributed by atoms with Gasteiger partial charge in [-0.25, -0.2) is 18.1 Å². The van der Waals surface area contributed by atoms with E-state index in [1.54, 1.807) is 12.1 Å². The molecule has 29 heavy (non-hydrogen) atoms. The number of hydrogen-bond donors (Lipinski definition) is 3. The zero-order valence-electron chi connectivity index (χ0n) is 16.3. The quantitative estimate of drug-likeness (QED) is 0.482. The fourth-order valence-corrected chi connectivity index (χ4v) is 4.45. The predicted molar refractivity (Wildman–Crippen MR) is 117 cm³/mol. The fraction of sp³-hybridized carbons (Fsp3) is 0.300. The number of imidazole rings is 1. The topological polar surface area (TPSA) is 104 Å². The number of carbonyl (C=O) groups excluding carboxylic acids is 1. The number of benzene rings is 2. The van der Waals surface area contributed by atoms with Crippen molar-refractivity contribution in [2.45, 2.75) is 24.5 Å². The summed E-state index contributed by atoms with van der Waals surface area (Å²) in [6.07, 6.45) is 0. The summed E-state index contributed by atoms with van der Waals surface area (Å²) in [6, 6.07) is 15.0. The molecule has 0 saturated carbocycles. The summed E-state index contributed by atoms with van der Waals surface area (Å²) in [7, 11) is -1.99. The van der Waals surface area contributed by atoms with Crippen molar-refractivity contribution in [3.63, 3.8) is 0 Å². The molecular formula is C20H24N4O3S2. The van der Waals surface area contributed by atoms with Gasteiger partial charge in [-0.1, -0.05) is 36.4 Å². The van der Waals surface area contributed by atoms with Crippen molar-refractivity contribution in [1.29, 1.82) is 0 Å². The monoisotopic (exact) mass is 432 g/mol. The number of amides is 1. The standard InChI is InChI=1S/C20H24N4O3S2/c1-14(20-23-17-9-5-6-10-18(17)24-20)28-12-19(25)22-11-15-7-3-4-8-16(15)13-29(26,27)21-2/h3-10,14,21H,11-13H2,1-2H3,(H,22,25)(H,23,24). The van der Waals surface area contributed by atoms with Gasteiger partial charge in [0.25, 0.3) is 0 Å². The van der Waals surface area contributed by atoms with E-state index >= 15 is 0 Å². The predicted octanol–water partition coefficient (Wildman–Crippen LogP) is 2.72. The van der Waals surface area contributed by atoms with Gasteiger partial charge in [0.15, 0.2) is 0 Å². The molecule has 1 atom stereocenters. The van der Waals surface area contributed by atoms with Crippen LogP contribution in [0.4, 0.5) is 0 Å². The number of carbonyl (C=O) groups is 1. The van der Waals surface area contributed by atoms with Crippen molar-refractivity contribution in [2.24, 2.45) is 0 Å². The summed E-state index contributed by atoms with van der Waals surface area (Å²) >= 11 is 1.49. The van der Waals surface area contributed by atoms with Gasteiger partial charge in [-0.3, -0.25) is 4.79 Å². The molecule has 3 aromatic rings. The summed E-state index contributed by atoms with van der Waals surface area (Å²) in [4.78, 5) is 20.1. The summed E-state index contributed by atoms with van der Waals surface area (Å²) in [5.74, 6) is 0.901. The first-order valence-corrected chi connectivity index (χ1v) is 11.9. The average molecular weight is 433 g/mol. The molecule has 2 aromatic carbocycles. The van der Waals surface area contributed by atoms with E-state index in [-0.39, 0.29) is 29.2 Å². The van der Waals surface area contributed by atoms with E-state index in [0.29, 0.717) is 5.56 Å². The van der Waals surface area contributed by atoms with Crippen LogP contribution in [0.2, 0.25) is 0 Å². The van der Waals surface area contributed by atoms with E-state index in [2.05, 4.69) is 20.0 Å². The summed E-state index contributed by atoms with van der Waals surface area (Å²) in [6.45, 7) is 2.29. The maximum absolute atomic E-state index is 12.3. The molecule has 3 N–H and O–H groups in total. The second-order valence-corrected chi connectivity index (χ2v) is 9.86. The molecule has 1 aromatic heterocycles. The average Bonchev–Trinajstić information content (AvgIpc) is 3.15. The number of nitrogens with zero attached hydrogens (tertiary/aromatic N) is 1. The van der Waals surface area contributed by atoms with Crippen LogP contribution in [0.1, 0.15) is 29.1 Å². The van der Waals surface area contributed by atoms with E-state index in [1.165, 1.54) is 18.8 Å². The van der Waals surface area contributed by atoms with Gasteiger partial charge in [0, 0.05) is 6.54 Å². The maximum Gasteiger partial charge on any atom is 0.230 e. The molecule has 9 heteroatoms. The molecule has 1 heterocycles. The Morgan fingerprint density at radius 3 is 2.55 bits per heavy atom. The van der Waals surface area contributed by atoms with Crippen molar-refractivity contribution in [3.05, 3.63) is 65.5 Å². The molecule has 7 nitrogen and oxygen atoms in total. The lowest BCUT2D eigenvalue weighted by Crippen LogP contribution is -2.26. The Morgan fingerprint density at radius 1 is 1.14 bits per heavy atom. The molecule has 0 aliphatic carbocycles. The van der Waals surface area contributed by atoms with Crippen LogP contribution in [0.25, 0.3) is 11.0 Å². The van der Waals surface area contributed by atoms with Crippen molar-refractivity contribution < 1.29 is 13.2 Å². The van der Waals surface area contributed by atoms with E-state index in [9.17, 15) is 13.2 Å². The number of hydrogen-bond acceptors (Lipinski definition) is 5. The van der Waals surface area contributed by atoms with Crippen molar-refractivity contribution in [2.75, 3.05) is 12.8 Å². The number of para-hydroxylation sites is 2. The molecule has 0 spiro atoms. The largest absolute Gasteiger partial charge is 0.351 e. The molecule has 0 bridgehead atoms. The molecule has 3 rings (SSSR count). The number of thioether (sulfide) groups is 1. The molecule has 0 aliphatic rings. The first-order valence-electron chi connectivity index (χ1n) is 9.19. The number of sulfonamides is 1. The van der Waals surface area contributed by atoms with Crippen LogP contribution in [0.15, 0.2) is 48.5 Å². The SMILES string of the molecule is CNS(=O)(=O)Cc1ccccc1CNC(=O)CSC(C)c1nc2ccccc2[nH]1. The highest BCUT2D eigenvalue weighted by Gasteiger charge is 2.15. The molecule has 0 saturated heterocycles. The number of nitrogens with one attached hydrogen (secondary N) is 3. The van der Waals surface area contributed by atoms with Crippen LogP contribution in [0.3, 0.4) is 0 Å². The van der Waals surface area contributed by atoms with Gasteiger partial charge in [-0.2, -0.15) is 0 Å². The molecule has 0 radical (unpaired) electrons. The molecule has 154 valence electrons. The minimum absolute atomic E-state index is 0.0428. The van der Waals surface area contributed by atoms with Crippen LogP contribution < -0.4 is 10.0 Å². The Bertz CT molecular complexity index is 1060. The lowest BCUT2D eigenvalue weighted by Gasteiger charge is -2.12. The third-order valence-corrected chi connectivity index (χ3v) is 6.97. The lowest BCUT2D eigenvalue weighted by atomic mass is 10.1. The molecule has 0 aliphatic heterocycles. The Balaban J connectivity index is 1.54. The third-order valence-electron chi connectivity index (χ3n) is 4.51. The summed E-state index contributed by atoms with van der Waals surface area (Å²) in [5.41, 5.74) is 3.35. The highest BCUT2D eigenvalue weighted by atomic mass is 32.2. The van der Waals surface area contributed by atoms with E-state index in [1.807, 2.05) is 43.3 Å². The normalized spacial score (nSPS) is 12.8. The Hall–Kier alpha value is -2.36. The highest BCUT2D eigenvalue weighted by molar-refractivity contribution is 8.00. The van der Waals surface area contributed by atoms with Crippen LogP contribution in [0, 0.1) is 0 Å². The van der Waals surface area contributed by atoms with Gasteiger partial charge in [-0.15, -0.1) is 11.8 Å². The Kier molecular flexibility index (Phi) is 6.94. The van der Waals surface area contributed by atoms with Crippen LogP contribution >= 0.6 is 11.8 Å². The smallest absolute Gasteiger partial charge is 0.230 e. The minimum Gasteiger partial charge on any atom is -0.351 e. The zero-order valence-corrected chi connectivity index (χ0v) is 17.9. The third kappa shape index (κ3) is 5.81. The van der Waals surface area contributed by atoms with Gasteiger partial charge >= 0.3 is 0 Å². The van der Waals surface area contributed by atoms with Crippen molar-refractivity contribution >= 4 is 38.7 Å². The number of rotatable bonds is 9. The van der Waals surface area contributed by atoms with Crippen LogP contribution in [-0.2, 0) is 27.1 Å². The highest BCUT2D eigenvalue weighted by Crippen LogP contribution is 2.27. The van der Waals surface area contributed by atoms with Gasteiger partial charge in [-0.05, 0) is 37.2 Å². The molecule has 1 amide bonds. The first kappa shape index (κ1) is 21.4. The van der Waals surface area contributed by atoms with Gasteiger partial charge < -0.3 is 10.3 Å². The summed E-state index contributed by atoms with van der Waals surface area (Å²) < 4.78 is 26.0. The fourth-order valence-electron chi connectivity index (χ4n) is 2.84. The number of H-pyrrole nitrogens is 1. The molecular weight excluding hydrogens is 408 g/mol. The number of aromatic nitrogens is 2. The number of fused-ring (bicyclic) bond motifs is 1. The molecule has 0 fully saturated rings. The molecule has 1 unspecified atom stereocenters. The summed E-state index contributed by atoms with van der Waals surface area (Å²) in [5, 5.41) is 2.91. The Morgan fingerprint density at radius 2 is 1.83 bits per heavy atom. The minimum atomic E-state index is -3.37.